The summed E-state index contributed by atoms with van der Waals surface area (Å²) in [7, 11) is 2.18. The van der Waals surface area contributed by atoms with Gasteiger partial charge in [0.2, 0.25) is 0 Å². The third-order valence-corrected chi connectivity index (χ3v) is 4.31. The molecule has 0 bridgehead atoms. The SMILES string of the molecule is CCOC(=O)C(C)(N)CCCN1CCN(C)C(C)(C)C1. The van der Waals surface area contributed by atoms with E-state index in [1.165, 1.54) is 0 Å². The van der Waals surface area contributed by atoms with E-state index in [1.807, 2.05) is 0 Å². The quantitative estimate of drug-likeness (QED) is 0.740. The fourth-order valence-corrected chi connectivity index (χ4v) is 2.60. The van der Waals surface area contributed by atoms with Crippen molar-refractivity contribution in [1.29, 1.82) is 0 Å². The van der Waals surface area contributed by atoms with Crippen LogP contribution in [0, 0.1) is 0 Å². The second-order valence-electron chi connectivity index (χ2n) is 6.75. The van der Waals surface area contributed by atoms with Crippen LogP contribution < -0.4 is 5.73 Å². The van der Waals surface area contributed by atoms with Crippen molar-refractivity contribution >= 4 is 5.97 Å². The molecule has 0 aromatic carbocycles. The van der Waals surface area contributed by atoms with Crippen LogP contribution in [-0.2, 0) is 9.53 Å². The van der Waals surface area contributed by atoms with Crippen molar-refractivity contribution in [2.45, 2.75) is 51.6 Å². The van der Waals surface area contributed by atoms with Gasteiger partial charge in [-0.1, -0.05) is 0 Å². The van der Waals surface area contributed by atoms with Crippen LogP contribution in [0.4, 0.5) is 0 Å². The van der Waals surface area contributed by atoms with Gasteiger partial charge in [-0.15, -0.1) is 0 Å². The van der Waals surface area contributed by atoms with Crippen LogP contribution in [0.1, 0.15) is 40.5 Å². The van der Waals surface area contributed by atoms with Crippen LogP contribution in [0.15, 0.2) is 0 Å². The highest BCUT2D eigenvalue weighted by Crippen LogP contribution is 2.20. The van der Waals surface area contributed by atoms with Crippen molar-refractivity contribution in [3.63, 3.8) is 0 Å². The monoisotopic (exact) mass is 285 g/mol. The van der Waals surface area contributed by atoms with Gasteiger partial charge in [-0.25, -0.2) is 0 Å². The Bertz CT molecular complexity index is 329. The number of hydrogen-bond acceptors (Lipinski definition) is 5. The lowest BCUT2D eigenvalue weighted by molar-refractivity contribution is -0.149. The molecule has 0 aromatic heterocycles. The number of nitrogens with zero attached hydrogens (tertiary/aromatic N) is 2. The minimum absolute atomic E-state index is 0.214. The number of hydrogen-bond donors (Lipinski definition) is 1. The molecule has 1 unspecified atom stereocenters. The minimum atomic E-state index is -0.863. The lowest BCUT2D eigenvalue weighted by atomic mass is 9.96. The van der Waals surface area contributed by atoms with Crippen LogP contribution in [-0.4, -0.2) is 66.7 Å². The van der Waals surface area contributed by atoms with Crippen LogP contribution in [0.5, 0.6) is 0 Å². The molecule has 1 aliphatic rings. The first-order chi connectivity index (χ1) is 9.19. The zero-order valence-corrected chi connectivity index (χ0v) is 13.7. The summed E-state index contributed by atoms with van der Waals surface area (Å²) in [5, 5.41) is 0. The molecule has 0 radical (unpaired) electrons. The molecule has 1 aliphatic heterocycles. The topological polar surface area (TPSA) is 58.8 Å². The normalized spacial score (nSPS) is 23.3. The maximum atomic E-state index is 11.7. The van der Waals surface area contributed by atoms with E-state index < -0.39 is 5.54 Å². The Morgan fingerprint density at radius 3 is 2.60 bits per heavy atom. The van der Waals surface area contributed by atoms with Gasteiger partial charge in [0.25, 0.3) is 0 Å². The highest BCUT2D eigenvalue weighted by Gasteiger charge is 2.32. The predicted molar refractivity (Wildman–Crippen MR) is 81.6 cm³/mol. The Balaban J connectivity index is 2.36. The van der Waals surface area contributed by atoms with Gasteiger partial charge in [-0.05, 0) is 54.1 Å². The Morgan fingerprint density at radius 1 is 1.40 bits per heavy atom. The summed E-state index contributed by atoms with van der Waals surface area (Å²) in [6, 6.07) is 0. The Morgan fingerprint density at radius 2 is 2.05 bits per heavy atom. The van der Waals surface area contributed by atoms with Gasteiger partial charge >= 0.3 is 5.97 Å². The largest absolute Gasteiger partial charge is 0.465 e. The molecule has 5 heteroatoms. The van der Waals surface area contributed by atoms with E-state index >= 15 is 0 Å². The maximum absolute atomic E-state index is 11.7. The molecular formula is C15H31N3O2. The third kappa shape index (κ3) is 4.72. The molecule has 0 aliphatic carbocycles. The molecule has 0 amide bonds. The van der Waals surface area contributed by atoms with Gasteiger partial charge in [0.05, 0.1) is 6.61 Å². The smallest absolute Gasteiger partial charge is 0.325 e. The molecule has 5 nitrogen and oxygen atoms in total. The summed E-state index contributed by atoms with van der Waals surface area (Å²) in [5.41, 5.74) is 5.39. The first-order valence-corrected chi connectivity index (χ1v) is 7.59. The average Bonchev–Trinajstić information content (AvgIpc) is 2.33. The zero-order valence-electron chi connectivity index (χ0n) is 13.7. The highest BCUT2D eigenvalue weighted by atomic mass is 16.5. The fraction of sp³-hybridized carbons (Fsp3) is 0.933. The number of ether oxygens (including phenoxy) is 1. The van der Waals surface area contributed by atoms with Gasteiger partial charge < -0.3 is 15.4 Å². The molecule has 2 N–H and O–H groups in total. The number of carbonyl (C=O) groups is 1. The molecule has 1 rings (SSSR count). The molecule has 1 fully saturated rings. The van der Waals surface area contributed by atoms with E-state index in [-0.39, 0.29) is 11.5 Å². The Labute approximate surface area is 123 Å². The number of esters is 1. The molecule has 1 saturated heterocycles. The van der Waals surface area contributed by atoms with E-state index in [1.54, 1.807) is 13.8 Å². The lowest BCUT2D eigenvalue weighted by Gasteiger charge is -2.45. The standard InChI is InChI=1S/C15H31N3O2/c1-6-20-13(19)15(4,16)8-7-9-18-11-10-17(5)14(2,3)12-18/h6-12,16H2,1-5H3. The summed E-state index contributed by atoms with van der Waals surface area (Å²) in [6.07, 6.45) is 1.59. The number of rotatable bonds is 6. The summed E-state index contributed by atoms with van der Waals surface area (Å²) in [6.45, 7) is 12.7. The lowest BCUT2D eigenvalue weighted by Crippen LogP contribution is -2.57. The Hall–Kier alpha value is -0.650. The van der Waals surface area contributed by atoms with Gasteiger partial charge in [0.15, 0.2) is 0 Å². The third-order valence-electron chi connectivity index (χ3n) is 4.31. The predicted octanol–water partition coefficient (Wildman–Crippen LogP) is 1.07. The molecule has 1 heterocycles. The molecule has 20 heavy (non-hydrogen) atoms. The molecular weight excluding hydrogens is 254 g/mol. The van der Waals surface area contributed by atoms with E-state index in [4.69, 9.17) is 10.5 Å². The average molecular weight is 285 g/mol. The summed E-state index contributed by atoms with van der Waals surface area (Å²) < 4.78 is 5.01. The van der Waals surface area contributed by atoms with Crippen LogP contribution >= 0.6 is 0 Å². The first kappa shape index (κ1) is 17.4. The van der Waals surface area contributed by atoms with Crippen LogP contribution in [0.3, 0.4) is 0 Å². The van der Waals surface area contributed by atoms with Crippen molar-refractivity contribution in [3.8, 4) is 0 Å². The molecule has 1 atom stereocenters. The number of carbonyl (C=O) groups excluding carboxylic acids is 1. The first-order valence-electron chi connectivity index (χ1n) is 7.59. The van der Waals surface area contributed by atoms with Gasteiger partial charge in [-0.2, -0.15) is 0 Å². The second kappa shape index (κ2) is 6.87. The minimum Gasteiger partial charge on any atom is -0.465 e. The molecule has 0 spiro atoms. The van der Waals surface area contributed by atoms with Crippen molar-refractivity contribution in [1.82, 2.24) is 9.80 Å². The van der Waals surface area contributed by atoms with E-state index in [0.717, 1.165) is 32.6 Å². The van der Waals surface area contributed by atoms with Gasteiger partial charge in [-0.3, -0.25) is 9.69 Å². The summed E-state index contributed by atoms with van der Waals surface area (Å²) in [5.74, 6) is -0.293. The van der Waals surface area contributed by atoms with Crippen LogP contribution in [0.25, 0.3) is 0 Å². The van der Waals surface area contributed by atoms with Gasteiger partial charge in [0.1, 0.15) is 5.54 Å². The van der Waals surface area contributed by atoms with E-state index in [9.17, 15) is 4.79 Å². The number of piperazine rings is 1. The molecule has 0 aromatic rings. The zero-order chi connectivity index (χ0) is 15.4. The van der Waals surface area contributed by atoms with Gasteiger partial charge in [0, 0.05) is 25.2 Å². The molecule has 118 valence electrons. The summed E-state index contributed by atoms with van der Waals surface area (Å²) >= 11 is 0. The van der Waals surface area contributed by atoms with E-state index in [2.05, 4.69) is 30.7 Å². The van der Waals surface area contributed by atoms with Crippen molar-refractivity contribution < 1.29 is 9.53 Å². The number of likely N-dealkylation sites (N-methyl/N-ethyl adjacent to an activating group) is 1. The van der Waals surface area contributed by atoms with Crippen molar-refractivity contribution in [2.75, 3.05) is 39.8 Å². The maximum Gasteiger partial charge on any atom is 0.325 e. The highest BCUT2D eigenvalue weighted by molar-refractivity contribution is 5.79. The Kier molecular flexibility index (Phi) is 5.98. The number of nitrogens with two attached hydrogens (primary N) is 1. The summed E-state index contributed by atoms with van der Waals surface area (Å²) in [4.78, 5) is 16.6. The van der Waals surface area contributed by atoms with Crippen molar-refractivity contribution in [3.05, 3.63) is 0 Å². The fourth-order valence-electron chi connectivity index (χ4n) is 2.60. The van der Waals surface area contributed by atoms with Crippen LogP contribution in [0.2, 0.25) is 0 Å². The van der Waals surface area contributed by atoms with Crippen molar-refractivity contribution in [2.24, 2.45) is 5.73 Å². The van der Waals surface area contributed by atoms with E-state index in [0.29, 0.717) is 13.0 Å². The molecule has 0 saturated carbocycles. The second-order valence-corrected chi connectivity index (χ2v) is 6.75.